The van der Waals surface area contributed by atoms with Gasteiger partial charge in [-0.05, 0) is 56.2 Å². The minimum atomic E-state index is -0.373. The van der Waals surface area contributed by atoms with Crippen molar-refractivity contribution in [1.82, 2.24) is 0 Å². The van der Waals surface area contributed by atoms with E-state index in [1.807, 2.05) is 32.9 Å². The van der Waals surface area contributed by atoms with E-state index >= 15 is 0 Å². The minimum absolute atomic E-state index is 0.177. The predicted octanol–water partition coefficient (Wildman–Crippen LogP) is 5.02. The third-order valence-electron chi connectivity index (χ3n) is 4.05. The van der Waals surface area contributed by atoms with Crippen molar-refractivity contribution in [2.45, 2.75) is 20.8 Å². The second-order valence-corrected chi connectivity index (χ2v) is 6.69. The van der Waals surface area contributed by atoms with Gasteiger partial charge in [-0.25, -0.2) is 0 Å². The molecule has 0 unspecified atom stereocenters. The summed E-state index contributed by atoms with van der Waals surface area (Å²) in [6.45, 7) is 5.71. The summed E-state index contributed by atoms with van der Waals surface area (Å²) in [5.74, 6) is -0.373. The monoisotopic (exact) mass is 367 g/mol. The van der Waals surface area contributed by atoms with Crippen LogP contribution < -0.4 is 10.7 Å². The van der Waals surface area contributed by atoms with Crippen molar-refractivity contribution in [2.75, 3.05) is 5.32 Å². The van der Waals surface area contributed by atoms with Gasteiger partial charge in [-0.3, -0.25) is 9.59 Å². The number of halogens is 1. The Bertz CT molecular complexity index is 1070. The van der Waals surface area contributed by atoms with E-state index in [-0.39, 0.29) is 11.3 Å². The number of carbonyl (C=O) groups is 1. The Morgan fingerprint density at radius 2 is 1.88 bits per heavy atom. The third-order valence-corrected chi connectivity index (χ3v) is 4.35. The zero-order valence-electron chi connectivity index (χ0n) is 14.7. The van der Waals surface area contributed by atoms with E-state index < -0.39 is 0 Å². The topological polar surface area (TPSA) is 59.3 Å². The van der Waals surface area contributed by atoms with E-state index in [4.69, 9.17) is 16.0 Å². The van der Waals surface area contributed by atoms with Crippen molar-refractivity contribution in [3.05, 3.63) is 80.2 Å². The molecule has 0 aliphatic carbocycles. The SMILES string of the molecule is Cc1cc(C)c(NC(=O)/C=C/c2coc3ccc(C)cc3c2=O)c(Cl)c1. The summed E-state index contributed by atoms with van der Waals surface area (Å²) in [5, 5.41) is 3.72. The highest BCUT2D eigenvalue weighted by molar-refractivity contribution is 6.34. The van der Waals surface area contributed by atoms with Gasteiger partial charge in [0.25, 0.3) is 0 Å². The van der Waals surface area contributed by atoms with Crippen LogP contribution in [0.25, 0.3) is 17.0 Å². The zero-order chi connectivity index (χ0) is 18.8. The van der Waals surface area contributed by atoms with Crippen molar-refractivity contribution in [3.8, 4) is 0 Å². The summed E-state index contributed by atoms with van der Waals surface area (Å²) in [7, 11) is 0. The Labute approximate surface area is 156 Å². The molecule has 0 fully saturated rings. The minimum Gasteiger partial charge on any atom is -0.463 e. The lowest BCUT2D eigenvalue weighted by molar-refractivity contribution is -0.111. The molecule has 0 radical (unpaired) electrons. The van der Waals surface area contributed by atoms with Crippen LogP contribution in [0.15, 0.2) is 51.9 Å². The van der Waals surface area contributed by atoms with Gasteiger partial charge in [-0.1, -0.05) is 29.3 Å². The van der Waals surface area contributed by atoms with E-state index in [2.05, 4.69) is 5.32 Å². The van der Waals surface area contributed by atoms with Gasteiger partial charge in [0.1, 0.15) is 11.8 Å². The lowest BCUT2D eigenvalue weighted by atomic mass is 10.1. The second-order valence-electron chi connectivity index (χ2n) is 6.28. The van der Waals surface area contributed by atoms with Crippen LogP contribution in [0, 0.1) is 20.8 Å². The van der Waals surface area contributed by atoms with E-state index in [0.29, 0.717) is 27.2 Å². The molecular formula is C21H18ClNO3. The number of benzene rings is 2. The van der Waals surface area contributed by atoms with E-state index in [1.165, 1.54) is 18.4 Å². The first kappa shape index (κ1) is 18.0. The van der Waals surface area contributed by atoms with Gasteiger partial charge in [-0.2, -0.15) is 0 Å². The highest BCUT2D eigenvalue weighted by Gasteiger charge is 2.09. The van der Waals surface area contributed by atoms with Crippen LogP contribution in [0.4, 0.5) is 5.69 Å². The number of nitrogens with one attached hydrogen (secondary N) is 1. The predicted molar refractivity (Wildman–Crippen MR) is 106 cm³/mol. The fraction of sp³-hybridized carbons (Fsp3) is 0.143. The van der Waals surface area contributed by atoms with Gasteiger partial charge < -0.3 is 9.73 Å². The molecule has 1 heterocycles. The molecule has 0 bridgehead atoms. The van der Waals surface area contributed by atoms with Crippen LogP contribution in [0.1, 0.15) is 22.3 Å². The van der Waals surface area contributed by atoms with Crippen LogP contribution in [0.5, 0.6) is 0 Å². The Morgan fingerprint density at radius 3 is 2.62 bits per heavy atom. The fourth-order valence-corrected chi connectivity index (χ4v) is 3.15. The number of aryl methyl sites for hydroxylation is 3. The molecule has 26 heavy (non-hydrogen) atoms. The summed E-state index contributed by atoms with van der Waals surface area (Å²) in [6.07, 6.45) is 4.10. The number of carbonyl (C=O) groups excluding carboxylic acids is 1. The number of hydrogen-bond donors (Lipinski definition) is 1. The van der Waals surface area contributed by atoms with Crippen molar-refractivity contribution in [2.24, 2.45) is 0 Å². The number of anilines is 1. The van der Waals surface area contributed by atoms with Crippen LogP contribution in [-0.2, 0) is 4.79 Å². The molecule has 3 aromatic rings. The largest absolute Gasteiger partial charge is 0.463 e. The second kappa shape index (κ2) is 7.18. The molecule has 132 valence electrons. The van der Waals surface area contributed by atoms with Crippen LogP contribution in [-0.4, -0.2) is 5.91 Å². The summed E-state index contributed by atoms with van der Waals surface area (Å²) in [4.78, 5) is 24.7. The summed E-state index contributed by atoms with van der Waals surface area (Å²) >= 11 is 6.20. The highest BCUT2D eigenvalue weighted by atomic mass is 35.5. The molecule has 5 heteroatoms. The average Bonchev–Trinajstić information content (AvgIpc) is 2.58. The normalized spacial score (nSPS) is 11.2. The van der Waals surface area contributed by atoms with Gasteiger partial charge in [0, 0.05) is 6.08 Å². The molecule has 0 spiro atoms. The zero-order valence-corrected chi connectivity index (χ0v) is 15.5. The molecule has 0 saturated carbocycles. The van der Waals surface area contributed by atoms with Gasteiger partial charge in [0.2, 0.25) is 5.91 Å². The molecule has 1 aromatic heterocycles. The van der Waals surface area contributed by atoms with E-state index in [0.717, 1.165) is 16.7 Å². The first-order chi connectivity index (χ1) is 12.3. The standard InChI is InChI=1S/C21H18ClNO3/c1-12-4-6-18-16(9-12)21(25)15(11-26-18)5-7-19(24)23-20-14(3)8-13(2)10-17(20)22/h4-11H,1-3H3,(H,23,24)/b7-5+. The fourth-order valence-electron chi connectivity index (χ4n) is 2.78. The first-order valence-electron chi connectivity index (χ1n) is 8.13. The highest BCUT2D eigenvalue weighted by Crippen LogP contribution is 2.27. The molecular weight excluding hydrogens is 350 g/mol. The summed E-state index contributed by atoms with van der Waals surface area (Å²) in [5.41, 5.74) is 4.07. The molecule has 4 nitrogen and oxygen atoms in total. The number of fused-ring (bicyclic) bond motifs is 1. The molecule has 0 saturated heterocycles. The van der Waals surface area contributed by atoms with Crippen molar-refractivity contribution in [3.63, 3.8) is 0 Å². The van der Waals surface area contributed by atoms with Gasteiger partial charge >= 0.3 is 0 Å². The molecule has 1 N–H and O–H groups in total. The lowest BCUT2D eigenvalue weighted by Gasteiger charge is -2.10. The van der Waals surface area contributed by atoms with Crippen molar-refractivity contribution >= 4 is 40.2 Å². The molecule has 1 amide bonds. The van der Waals surface area contributed by atoms with Crippen LogP contribution >= 0.6 is 11.6 Å². The maximum absolute atomic E-state index is 12.5. The smallest absolute Gasteiger partial charge is 0.248 e. The van der Waals surface area contributed by atoms with Crippen molar-refractivity contribution < 1.29 is 9.21 Å². The van der Waals surface area contributed by atoms with Crippen LogP contribution in [0.2, 0.25) is 5.02 Å². The van der Waals surface area contributed by atoms with E-state index in [9.17, 15) is 9.59 Å². The summed E-state index contributed by atoms with van der Waals surface area (Å²) in [6, 6.07) is 9.13. The van der Waals surface area contributed by atoms with Gasteiger partial charge in [0.05, 0.1) is 21.7 Å². The Balaban J connectivity index is 1.86. The van der Waals surface area contributed by atoms with Crippen LogP contribution in [0.3, 0.4) is 0 Å². The molecule has 0 aliphatic heterocycles. The molecule has 2 aromatic carbocycles. The quantitative estimate of drug-likeness (QED) is 0.661. The van der Waals surface area contributed by atoms with E-state index in [1.54, 1.807) is 18.2 Å². The Hall–Kier alpha value is -2.85. The molecule has 3 rings (SSSR count). The van der Waals surface area contributed by atoms with Gasteiger partial charge in [0.15, 0.2) is 5.43 Å². The maximum atomic E-state index is 12.5. The maximum Gasteiger partial charge on any atom is 0.248 e. The Kier molecular flexibility index (Phi) is 4.96. The van der Waals surface area contributed by atoms with Crippen molar-refractivity contribution in [1.29, 1.82) is 0 Å². The lowest BCUT2D eigenvalue weighted by Crippen LogP contribution is -2.11. The number of hydrogen-bond acceptors (Lipinski definition) is 3. The number of rotatable bonds is 3. The average molecular weight is 368 g/mol. The molecule has 0 atom stereocenters. The number of amides is 1. The first-order valence-corrected chi connectivity index (χ1v) is 8.51. The third kappa shape index (κ3) is 3.70. The Morgan fingerprint density at radius 1 is 1.12 bits per heavy atom. The molecule has 0 aliphatic rings. The van der Waals surface area contributed by atoms with Gasteiger partial charge in [-0.15, -0.1) is 0 Å². The summed E-state index contributed by atoms with van der Waals surface area (Å²) < 4.78 is 5.48.